The maximum absolute atomic E-state index is 5.59. The summed E-state index contributed by atoms with van der Waals surface area (Å²) in [5, 5.41) is 3.64. The second kappa shape index (κ2) is 4.81. The molecular formula is C12H23NO2. The molecule has 0 aromatic heterocycles. The summed E-state index contributed by atoms with van der Waals surface area (Å²) >= 11 is 0. The standard InChI is InChI=1S/C12H23NO2/c1-10(7-14-2)12(5-6-15-9-12)8-13-11-3-4-11/h10-11,13H,3-9H2,1-2H3. The highest BCUT2D eigenvalue weighted by atomic mass is 16.5. The second-order valence-electron chi connectivity index (χ2n) is 5.18. The van der Waals surface area contributed by atoms with Crippen molar-refractivity contribution in [2.75, 3.05) is 33.5 Å². The molecule has 3 heteroatoms. The molecule has 0 aromatic carbocycles. The quantitative estimate of drug-likeness (QED) is 0.724. The van der Waals surface area contributed by atoms with E-state index in [2.05, 4.69) is 12.2 Å². The Morgan fingerprint density at radius 2 is 2.33 bits per heavy atom. The highest BCUT2D eigenvalue weighted by Gasteiger charge is 2.40. The molecular weight excluding hydrogens is 190 g/mol. The van der Waals surface area contributed by atoms with Crippen molar-refractivity contribution in [2.45, 2.75) is 32.2 Å². The van der Waals surface area contributed by atoms with Gasteiger partial charge in [-0.3, -0.25) is 0 Å². The van der Waals surface area contributed by atoms with Crippen LogP contribution in [0.4, 0.5) is 0 Å². The summed E-state index contributed by atoms with van der Waals surface area (Å²) in [6, 6.07) is 0.789. The van der Waals surface area contributed by atoms with Crippen LogP contribution in [0.1, 0.15) is 26.2 Å². The van der Waals surface area contributed by atoms with Crippen LogP contribution in [0.25, 0.3) is 0 Å². The van der Waals surface area contributed by atoms with Crippen molar-refractivity contribution >= 4 is 0 Å². The van der Waals surface area contributed by atoms with Crippen molar-refractivity contribution in [3.8, 4) is 0 Å². The van der Waals surface area contributed by atoms with E-state index in [0.717, 1.165) is 32.4 Å². The third-order valence-electron chi connectivity index (χ3n) is 3.92. The third-order valence-corrected chi connectivity index (χ3v) is 3.92. The van der Waals surface area contributed by atoms with Gasteiger partial charge >= 0.3 is 0 Å². The summed E-state index contributed by atoms with van der Waals surface area (Å²) in [6.45, 7) is 6.04. The van der Waals surface area contributed by atoms with Crippen LogP contribution in [-0.2, 0) is 9.47 Å². The molecule has 15 heavy (non-hydrogen) atoms. The summed E-state index contributed by atoms with van der Waals surface area (Å²) < 4.78 is 10.9. The topological polar surface area (TPSA) is 30.5 Å². The zero-order valence-corrected chi connectivity index (χ0v) is 9.92. The SMILES string of the molecule is COCC(C)C1(CNC2CC2)CCOC1. The molecule has 2 atom stereocenters. The van der Waals surface area contributed by atoms with E-state index < -0.39 is 0 Å². The molecule has 2 unspecified atom stereocenters. The highest BCUT2D eigenvalue weighted by Crippen LogP contribution is 2.37. The predicted molar refractivity (Wildman–Crippen MR) is 59.9 cm³/mol. The highest BCUT2D eigenvalue weighted by molar-refractivity contribution is 4.92. The van der Waals surface area contributed by atoms with Crippen molar-refractivity contribution < 1.29 is 9.47 Å². The van der Waals surface area contributed by atoms with Gasteiger partial charge in [0, 0.05) is 38.3 Å². The molecule has 1 N–H and O–H groups in total. The lowest BCUT2D eigenvalue weighted by atomic mass is 9.76. The lowest BCUT2D eigenvalue weighted by Gasteiger charge is -2.34. The Bertz CT molecular complexity index is 198. The maximum Gasteiger partial charge on any atom is 0.0538 e. The Morgan fingerprint density at radius 1 is 1.53 bits per heavy atom. The average Bonchev–Trinajstić information content (AvgIpc) is 2.94. The number of hydrogen-bond acceptors (Lipinski definition) is 3. The van der Waals surface area contributed by atoms with Crippen molar-refractivity contribution in [2.24, 2.45) is 11.3 Å². The zero-order valence-electron chi connectivity index (χ0n) is 9.92. The van der Waals surface area contributed by atoms with Gasteiger partial charge in [0.2, 0.25) is 0 Å². The fraction of sp³-hybridized carbons (Fsp3) is 1.00. The number of hydrogen-bond donors (Lipinski definition) is 1. The van der Waals surface area contributed by atoms with Gasteiger partial charge in [-0.15, -0.1) is 0 Å². The van der Waals surface area contributed by atoms with Crippen LogP contribution >= 0.6 is 0 Å². The van der Waals surface area contributed by atoms with Crippen molar-refractivity contribution in [3.63, 3.8) is 0 Å². The van der Waals surface area contributed by atoms with E-state index in [1.165, 1.54) is 19.3 Å². The minimum atomic E-state index is 0.318. The molecule has 1 saturated carbocycles. The summed E-state index contributed by atoms with van der Waals surface area (Å²) in [5.74, 6) is 0.580. The van der Waals surface area contributed by atoms with Gasteiger partial charge in [-0.25, -0.2) is 0 Å². The lowest BCUT2D eigenvalue weighted by Crippen LogP contribution is -2.42. The molecule has 0 radical (unpaired) electrons. The summed E-state index contributed by atoms with van der Waals surface area (Å²) in [4.78, 5) is 0. The first-order valence-corrected chi connectivity index (χ1v) is 6.07. The third kappa shape index (κ3) is 2.71. The molecule has 1 aliphatic heterocycles. The molecule has 2 rings (SSSR count). The Balaban J connectivity index is 1.88. The molecule has 0 aromatic rings. The molecule has 3 nitrogen and oxygen atoms in total. The van der Waals surface area contributed by atoms with Crippen LogP contribution in [0.15, 0.2) is 0 Å². The van der Waals surface area contributed by atoms with Crippen LogP contribution in [0, 0.1) is 11.3 Å². The van der Waals surface area contributed by atoms with Gasteiger partial charge in [0.05, 0.1) is 6.61 Å². The van der Waals surface area contributed by atoms with E-state index >= 15 is 0 Å². The first kappa shape index (κ1) is 11.4. The average molecular weight is 213 g/mol. The van der Waals surface area contributed by atoms with E-state index in [1.807, 2.05) is 0 Å². The van der Waals surface area contributed by atoms with E-state index in [9.17, 15) is 0 Å². The number of methoxy groups -OCH3 is 1. The predicted octanol–water partition coefficient (Wildman–Crippen LogP) is 1.43. The molecule has 1 heterocycles. The number of nitrogens with one attached hydrogen (secondary N) is 1. The van der Waals surface area contributed by atoms with Gasteiger partial charge in [0.15, 0.2) is 0 Å². The smallest absolute Gasteiger partial charge is 0.0538 e. The molecule has 1 saturated heterocycles. The Hall–Kier alpha value is -0.120. The van der Waals surface area contributed by atoms with Gasteiger partial charge < -0.3 is 14.8 Å². The zero-order chi connectivity index (χ0) is 10.7. The normalized spacial score (nSPS) is 33.2. The fourth-order valence-electron chi connectivity index (χ4n) is 2.39. The van der Waals surface area contributed by atoms with Gasteiger partial charge in [-0.1, -0.05) is 6.92 Å². The first-order valence-electron chi connectivity index (χ1n) is 6.07. The largest absolute Gasteiger partial charge is 0.384 e. The minimum absolute atomic E-state index is 0.318. The van der Waals surface area contributed by atoms with Gasteiger partial charge in [-0.05, 0) is 25.2 Å². The Kier molecular flexibility index (Phi) is 3.65. The number of ether oxygens (including phenoxy) is 2. The maximum atomic E-state index is 5.59. The van der Waals surface area contributed by atoms with Crippen molar-refractivity contribution in [1.82, 2.24) is 5.32 Å². The van der Waals surface area contributed by atoms with Gasteiger partial charge in [0.1, 0.15) is 0 Å². The summed E-state index contributed by atoms with van der Waals surface area (Å²) in [6.07, 6.45) is 3.89. The molecule has 2 fully saturated rings. The summed E-state index contributed by atoms with van der Waals surface area (Å²) in [7, 11) is 1.79. The van der Waals surface area contributed by atoms with E-state index in [-0.39, 0.29) is 0 Å². The van der Waals surface area contributed by atoms with Crippen LogP contribution in [-0.4, -0.2) is 39.5 Å². The molecule has 88 valence electrons. The molecule has 1 aliphatic carbocycles. The first-order chi connectivity index (χ1) is 7.27. The van der Waals surface area contributed by atoms with E-state index in [4.69, 9.17) is 9.47 Å². The Labute approximate surface area is 92.5 Å². The van der Waals surface area contributed by atoms with Gasteiger partial charge in [0.25, 0.3) is 0 Å². The van der Waals surface area contributed by atoms with Crippen LogP contribution in [0.5, 0.6) is 0 Å². The van der Waals surface area contributed by atoms with Crippen LogP contribution in [0.2, 0.25) is 0 Å². The van der Waals surface area contributed by atoms with Gasteiger partial charge in [-0.2, -0.15) is 0 Å². The molecule has 2 aliphatic rings. The second-order valence-corrected chi connectivity index (χ2v) is 5.18. The fourth-order valence-corrected chi connectivity index (χ4v) is 2.39. The summed E-state index contributed by atoms with van der Waals surface area (Å²) in [5.41, 5.74) is 0.318. The van der Waals surface area contributed by atoms with Crippen molar-refractivity contribution in [1.29, 1.82) is 0 Å². The van der Waals surface area contributed by atoms with E-state index in [1.54, 1.807) is 7.11 Å². The monoisotopic (exact) mass is 213 g/mol. The number of rotatable bonds is 6. The lowest BCUT2D eigenvalue weighted by molar-refractivity contribution is 0.0543. The minimum Gasteiger partial charge on any atom is -0.384 e. The Morgan fingerprint density at radius 3 is 2.87 bits per heavy atom. The van der Waals surface area contributed by atoms with Crippen LogP contribution < -0.4 is 5.32 Å². The molecule has 0 amide bonds. The van der Waals surface area contributed by atoms with Crippen LogP contribution in [0.3, 0.4) is 0 Å². The van der Waals surface area contributed by atoms with Crippen molar-refractivity contribution in [3.05, 3.63) is 0 Å². The molecule has 0 spiro atoms. The van der Waals surface area contributed by atoms with E-state index in [0.29, 0.717) is 11.3 Å². The molecule has 0 bridgehead atoms.